The predicted octanol–water partition coefficient (Wildman–Crippen LogP) is 3.55. The Morgan fingerprint density at radius 3 is 1.71 bits per heavy atom. The standard InChI is InChI=1S/C19H24O2/c20-15-7-8-16(21)18-17(15)19(18)13-5-1-3-11(9-13)12-4-2-6-14(19)10-12/h7-8,11-14,17-18H,1-6,9-10H2/t11-,12-,13-,14+,17+,18+/m1/s1. The molecule has 6 atom stereocenters. The minimum absolute atomic E-state index is 0.0700. The lowest BCUT2D eigenvalue weighted by Gasteiger charge is -2.36. The monoisotopic (exact) mass is 284 g/mol. The maximum absolute atomic E-state index is 12.4. The average Bonchev–Trinajstić information content (AvgIpc) is 3.24. The maximum atomic E-state index is 12.4. The summed E-state index contributed by atoms with van der Waals surface area (Å²) in [6.45, 7) is 0. The zero-order valence-electron chi connectivity index (χ0n) is 12.6. The van der Waals surface area contributed by atoms with Gasteiger partial charge in [0, 0.05) is 11.8 Å². The van der Waals surface area contributed by atoms with Crippen molar-refractivity contribution in [1.82, 2.24) is 0 Å². The van der Waals surface area contributed by atoms with Gasteiger partial charge in [-0.05, 0) is 66.9 Å². The molecule has 0 unspecified atom stereocenters. The normalized spacial score (nSPS) is 54.3. The van der Waals surface area contributed by atoms with Gasteiger partial charge in [0.05, 0.1) is 0 Å². The second-order valence-electron chi connectivity index (χ2n) is 8.34. The molecular weight excluding hydrogens is 260 g/mol. The molecule has 2 nitrogen and oxygen atoms in total. The lowest BCUT2D eigenvalue weighted by molar-refractivity contribution is -0.121. The van der Waals surface area contributed by atoms with Crippen LogP contribution in [0.5, 0.6) is 0 Å². The largest absolute Gasteiger partial charge is 0.294 e. The van der Waals surface area contributed by atoms with Crippen LogP contribution in [0.4, 0.5) is 0 Å². The van der Waals surface area contributed by atoms with Crippen LogP contribution in [-0.2, 0) is 9.59 Å². The summed E-state index contributed by atoms with van der Waals surface area (Å²) in [6, 6.07) is 0. The van der Waals surface area contributed by atoms with Crippen molar-refractivity contribution < 1.29 is 9.59 Å². The molecule has 2 heteroatoms. The van der Waals surface area contributed by atoms with E-state index < -0.39 is 0 Å². The van der Waals surface area contributed by atoms with Gasteiger partial charge in [-0.15, -0.1) is 0 Å². The molecule has 4 saturated carbocycles. The van der Waals surface area contributed by atoms with Crippen LogP contribution in [0.1, 0.15) is 51.4 Å². The third-order valence-corrected chi connectivity index (χ3v) is 7.84. The van der Waals surface area contributed by atoms with Crippen molar-refractivity contribution in [1.29, 1.82) is 0 Å². The molecule has 5 rings (SSSR count). The summed E-state index contributed by atoms with van der Waals surface area (Å²) < 4.78 is 0. The first-order chi connectivity index (χ1) is 10.2. The van der Waals surface area contributed by atoms with E-state index in [1.165, 1.54) is 51.4 Å². The fourth-order valence-corrected chi connectivity index (χ4v) is 7.19. The van der Waals surface area contributed by atoms with Gasteiger partial charge in [-0.2, -0.15) is 0 Å². The minimum atomic E-state index is 0.0700. The third-order valence-electron chi connectivity index (χ3n) is 7.84. The highest BCUT2D eigenvalue weighted by atomic mass is 16.1. The second-order valence-corrected chi connectivity index (χ2v) is 8.34. The fourth-order valence-electron chi connectivity index (χ4n) is 7.19. The van der Waals surface area contributed by atoms with Crippen molar-refractivity contribution in [3.8, 4) is 0 Å². The molecule has 5 aliphatic carbocycles. The SMILES string of the molecule is O=C1C=CC(=O)[C@H]2[C@H]1C21[C@@H]2CCC[C@H](C2)[C@@H]2CCC[C@H]1C2. The first-order valence-corrected chi connectivity index (χ1v) is 8.98. The van der Waals surface area contributed by atoms with Crippen molar-refractivity contribution in [2.24, 2.45) is 40.9 Å². The van der Waals surface area contributed by atoms with Crippen molar-refractivity contribution in [3.05, 3.63) is 12.2 Å². The van der Waals surface area contributed by atoms with E-state index in [0.717, 1.165) is 11.8 Å². The maximum Gasteiger partial charge on any atom is 0.160 e. The van der Waals surface area contributed by atoms with Gasteiger partial charge < -0.3 is 0 Å². The molecule has 0 heterocycles. The Bertz CT molecular complexity index is 498. The molecule has 5 aliphatic rings. The molecule has 0 aromatic rings. The molecule has 112 valence electrons. The van der Waals surface area contributed by atoms with E-state index in [9.17, 15) is 9.59 Å². The predicted molar refractivity (Wildman–Crippen MR) is 79.5 cm³/mol. The molecule has 21 heavy (non-hydrogen) atoms. The van der Waals surface area contributed by atoms with Crippen molar-refractivity contribution >= 4 is 11.6 Å². The first kappa shape index (κ1) is 12.6. The molecule has 0 saturated heterocycles. The molecule has 0 amide bonds. The van der Waals surface area contributed by atoms with E-state index >= 15 is 0 Å². The summed E-state index contributed by atoms with van der Waals surface area (Å²) in [7, 11) is 0. The van der Waals surface area contributed by atoms with Gasteiger partial charge in [-0.25, -0.2) is 0 Å². The Hall–Kier alpha value is -0.920. The molecule has 0 aliphatic heterocycles. The van der Waals surface area contributed by atoms with Gasteiger partial charge >= 0.3 is 0 Å². The highest BCUT2D eigenvalue weighted by Gasteiger charge is 2.76. The summed E-state index contributed by atoms with van der Waals surface area (Å²) in [5, 5.41) is 0. The molecule has 0 aromatic carbocycles. The Morgan fingerprint density at radius 1 is 0.762 bits per heavy atom. The van der Waals surface area contributed by atoms with Crippen LogP contribution < -0.4 is 0 Å². The number of rotatable bonds is 0. The number of hydrogen-bond acceptors (Lipinski definition) is 2. The topological polar surface area (TPSA) is 34.1 Å². The first-order valence-electron chi connectivity index (χ1n) is 8.98. The lowest BCUT2D eigenvalue weighted by Crippen LogP contribution is -2.31. The number of fused-ring (bicyclic) bond motifs is 10. The van der Waals surface area contributed by atoms with Gasteiger partial charge in [0.25, 0.3) is 0 Å². The Morgan fingerprint density at radius 2 is 1.24 bits per heavy atom. The zero-order valence-corrected chi connectivity index (χ0v) is 12.6. The molecule has 0 N–H and O–H groups in total. The summed E-state index contributed by atoms with van der Waals surface area (Å²) in [4.78, 5) is 24.9. The van der Waals surface area contributed by atoms with E-state index in [1.54, 1.807) is 12.2 Å². The number of carbonyl (C=O) groups is 2. The van der Waals surface area contributed by atoms with Gasteiger partial charge in [-0.3, -0.25) is 9.59 Å². The van der Waals surface area contributed by atoms with Crippen molar-refractivity contribution in [3.63, 3.8) is 0 Å². The summed E-state index contributed by atoms with van der Waals surface area (Å²) in [5.41, 5.74) is 0.0888. The van der Waals surface area contributed by atoms with Crippen molar-refractivity contribution in [2.45, 2.75) is 51.4 Å². The number of carbonyl (C=O) groups excluding carboxylic acids is 2. The second kappa shape index (κ2) is 4.08. The van der Waals surface area contributed by atoms with E-state index in [-0.39, 0.29) is 28.8 Å². The van der Waals surface area contributed by atoms with Crippen LogP contribution in [0.3, 0.4) is 0 Å². The molecule has 0 aromatic heterocycles. The smallest absolute Gasteiger partial charge is 0.160 e. The van der Waals surface area contributed by atoms with E-state index in [2.05, 4.69) is 0 Å². The third kappa shape index (κ3) is 1.44. The van der Waals surface area contributed by atoms with E-state index in [0.29, 0.717) is 11.8 Å². The molecular formula is C19H24O2. The fraction of sp³-hybridized carbons (Fsp3) is 0.789. The lowest BCUT2D eigenvalue weighted by atomic mass is 9.68. The Kier molecular flexibility index (Phi) is 2.45. The summed E-state index contributed by atoms with van der Waals surface area (Å²) in [5.74, 6) is 3.79. The van der Waals surface area contributed by atoms with Crippen LogP contribution in [-0.4, -0.2) is 11.6 Å². The quantitative estimate of drug-likeness (QED) is 0.681. The van der Waals surface area contributed by atoms with Gasteiger partial charge in [-0.1, -0.05) is 25.7 Å². The minimum Gasteiger partial charge on any atom is -0.294 e. The van der Waals surface area contributed by atoms with Gasteiger partial charge in [0.2, 0.25) is 0 Å². The molecule has 4 fully saturated rings. The highest BCUT2D eigenvalue weighted by Crippen LogP contribution is 2.75. The summed E-state index contributed by atoms with van der Waals surface area (Å²) in [6.07, 6.45) is 13.8. The van der Waals surface area contributed by atoms with Crippen LogP contribution >= 0.6 is 0 Å². The van der Waals surface area contributed by atoms with Crippen molar-refractivity contribution in [2.75, 3.05) is 0 Å². The highest BCUT2D eigenvalue weighted by molar-refractivity contribution is 6.12. The van der Waals surface area contributed by atoms with Gasteiger partial charge in [0.15, 0.2) is 11.6 Å². The molecule has 1 spiro atoms. The van der Waals surface area contributed by atoms with Crippen LogP contribution in [0.15, 0.2) is 12.2 Å². The zero-order chi connectivity index (χ0) is 14.2. The van der Waals surface area contributed by atoms with Crippen LogP contribution in [0.2, 0.25) is 0 Å². The molecule has 0 radical (unpaired) electrons. The average molecular weight is 284 g/mol. The van der Waals surface area contributed by atoms with E-state index in [1.807, 2.05) is 0 Å². The van der Waals surface area contributed by atoms with Crippen LogP contribution in [0.25, 0.3) is 0 Å². The number of ketones is 2. The van der Waals surface area contributed by atoms with Gasteiger partial charge in [0.1, 0.15) is 0 Å². The number of hydrogen-bond donors (Lipinski definition) is 0. The van der Waals surface area contributed by atoms with Crippen LogP contribution in [0, 0.1) is 40.9 Å². The Labute approximate surface area is 126 Å². The Balaban J connectivity index is 1.62. The van der Waals surface area contributed by atoms with E-state index in [4.69, 9.17) is 0 Å². The molecule has 4 bridgehead atoms. The summed E-state index contributed by atoms with van der Waals surface area (Å²) >= 11 is 0. The number of allylic oxidation sites excluding steroid dienone is 2.